The lowest BCUT2D eigenvalue weighted by molar-refractivity contribution is -0.146. The van der Waals surface area contributed by atoms with Crippen molar-refractivity contribution in [1.82, 2.24) is 9.80 Å². The summed E-state index contributed by atoms with van der Waals surface area (Å²) in [6, 6.07) is 5.81. The quantitative estimate of drug-likeness (QED) is 0.256. The van der Waals surface area contributed by atoms with Crippen LogP contribution in [0.5, 0.6) is 5.75 Å². The van der Waals surface area contributed by atoms with Crippen molar-refractivity contribution in [2.75, 3.05) is 38.3 Å². The van der Waals surface area contributed by atoms with Crippen LogP contribution >= 0.6 is 27.7 Å². The van der Waals surface area contributed by atoms with Crippen molar-refractivity contribution in [2.24, 2.45) is 17.8 Å². The number of carbonyl (C=O) groups is 3. The van der Waals surface area contributed by atoms with Crippen molar-refractivity contribution in [3.63, 3.8) is 0 Å². The van der Waals surface area contributed by atoms with Gasteiger partial charge in [0.25, 0.3) is 5.91 Å². The summed E-state index contributed by atoms with van der Waals surface area (Å²) in [5.41, 5.74) is 0.661. The van der Waals surface area contributed by atoms with E-state index in [1.165, 1.54) is 0 Å². The number of aliphatic hydroxyl groups is 1. The summed E-state index contributed by atoms with van der Waals surface area (Å²) in [5, 5.41) is 10.4. The van der Waals surface area contributed by atoms with E-state index >= 15 is 0 Å². The average molecular weight is 649 g/mol. The van der Waals surface area contributed by atoms with E-state index < -0.39 is 28.7 Å². The number of methoxy groups -OCH3 is 1. The number of alkyl halides is 1. The van der Waals surface area contributed by atoms with Gasteiger partial charge in [-0.25, -0.2) is 0 Å². The molecule has 3 aliphatic rings. The van der Waals surface area contributed by atoms with Crippen LogP contribution in [0, 0.1) is 17.8 Å². The number of hydrogen-bond donors (Lipinski definition) is 1. The molecule has 1 spiro atoms. The molecule has 1 N–H and O–H groups in total. The topological polar surface area (TPSA) is 90.4 Å². The second-order valence-corrected chi connectivity index (χ2v) is 14.1. The van der Waals surface area contributed by atoms with Gasteiger partial charge in [-0.2, -0.15) is 0 Å². The van der Waals surface area contributed by atoms with E-state index in [0.29, 0.717) is 30.9 Å². The fourth-order valence-electron chi connectivity index (χ4n) is 6.90. The number of ether oxygens (including phenoxy) is 1. The largest absolute Gasteiger partial charge is 0.497 e. The van der Waals surface area contributed by atoms with Crippen molar-refractivity contribution in [2.45, 2.75) is 60.5 Å². The number of rotatable bonds is 13. The van der Waals surface area contributed by atoms with E-state index in [0.717, 1.165) is 6.42 Å². The molecule has 0 aliphatic carbocycles. The molecule has 3 saturated heterocycles. The number of hydrogen-bond acceptors (Lipinski definition) is 6. The first-order chi connectivity index (χ1) is 19.6. The van der Waals surface area contributed by atoms with Crippen LogP contribution in [0.25, 0.3) is 0 Å². The number of aliphatic hydroxyl groups excluding tert-OH is 1. The smallest absolute Gasteiger partial charge is 0.251 e. The van der Waals surface area contributed by atoms with Crippen LogP contribution in [0.15, 0.2) is 49.6 Å². The normalized spacial score (nSPS) is 28.9. The number of carbonyl (C=O) groups excluding carboxylic acids is 3. The third-order valence-electron chi connectivity index (χ3n) is 8.68. The molecule has 3 fully saturated rings. The molecule has 3 unspecified atom stereocenters. The van der Waals surface area contributed by atoms with E-state index in [1.807, 2.05) is 32.9 Å². The summed E-state index contributed by atoms with van der Waals surface area (Å²) >= 11 is 5.45. The SMILES string of the molecule is C=CCN(CCC)C(=O)[C@H]1[C@@H]2SC3(CC2Br)C(C(=O)N(CC=C)c2ccc(OC)cc2)N([C@@H](CO)C(C)C)C(=O)[C@H]13. The van der Waals surface area contributed by atoms with Crippen LogP contribution in [-0.2, 0) is 14.4 Å². The van der Waals surface area contributed by atoms with Crippen LogP contribution in [-0.4, -0.2) is 92.9 Å². The molecule has 0 radical (unpaired) electrons. The van der Waals surface area contributed by atoms with Gasteiger partial charge in [0.15, 0.2) is 0 Å². The Kier molecular flexibility index (Phi) is 9.96. The van der Waals surface area contributed by atoms with Gasteiger partial charge >= 0.3 is 0 Å². The maximum absolute atomic E-state index is 14.8. The van der Waals surface area contributed by atoms with Crippen molar-refractivity contribution in [3.05, 3.63) is 49.6 Å². The number of fused-ring (bicyclic) bond motifs is 1. The third-order valence-corrected chi connectivity index (χ3v) is 11.9. The van der Waals surface area contributed by atoms with E-state index in [-0.39, 0.29) is 46.9 Å². The minimum Gasteiger partial charge on any atom is -0.497 e. The second-order valence-electron chi connectivity index (χ2n) is 11.4. The summed E-state index contributed by atoms with van der Waals surface area (Å²) in [5.74, 6) is -1.18. The van der Waals surface area contributed by atoms with E-state index in [4.69, 9.17) is 4.74 Å². The van der Waals surface area contributed by atoms with Gasteiger partial charge in [-0.15, -0.1) is 24.9 Å². The molecule has 4 rings (SSSR count). The molecule has 1 aromatic rings. The Morgan fingerprint density at radius 1 is 1.22 bits per heavy atom. The number of thioether (sulfide) groups is 1. The Hall–Kier alpha value is -2.30. The lowest BCUT2D eigenvalue weighted by Crippen LogP contribution is -2.59. The van der Waals surface area contributed by atoms with E-state index in [1.54, 1.807) is 57.9 Å². The van der Waals surface area contributed by atoms with E-state index in [9.17, 15) is 19.5 Å². The number of amides is 3. The fraction of sp³-hybridized carbons (Fsp3) is 0.581. The summed E-state index contributed by atoms with van der Waals surface area (Å²) in [6.07, 6.45) is 4.75. The summed E-state index contributed by atoms with van der Waals surface area (Å²) in [4.78, 5) is 48.5. The van der Waals surface area contributed by atoms with Crippen molar-refractivity contribution >= 4 is 51.1 Å². The molecule has 3 aliphatic heterocycles. The second kappa shape index (κ2) is 12.9. The third kappa shape index (κ3) is 5.36. The number of nitrogens with zero attached hydrogens (tertiary/aromatic N) is 3. The van der Waals surface area contributed by atoms with Gasteiger partial charge < -0.3 is 24.5 Å². The first kappa shape index (κ1) is 31.6. The molecule has 0 aromatic heterocycles. The monoisotopic (exact) mass is 647 g/mol. The highest BCUT2D eigenvalue weighted by Gasteiger charge is 2.76. The summed E-state index contributed by atoms with van der Waals surface area (Å²) in [7, 11) is 1.59. The van der Waals surface area contributed by atoms with Gasteiger partial charge in [0, 0.05) is 35.4 Å². The molecule has 3 heterocycles. The first-order valence-electron chi connectivity index (χ1n) is 14.3. The van der Waals surface area contributed by atoms with Gasteiger partial charge in [0.2, 0.25) is 11.8 Å². The average Bonchev–Trinajstić information content (AvgIpc) is 3.55. The van der Waals surface area contributed by atoms with Gasteiger partial charge in [-0.3, -0.25) is 14.4 Å². The molecule has 0 saturated carbocycles. The molecule has 41 heavy (non-hydrogen) atoms. The Labute approximate surface area is 256 Å². The summed E-state index contributed by atoms with van der Waals surface area (Å²) < 4.78 is 4.50. The fourth-order valence-corrected chi connectivity index (χ4v) is 10.5. The predicted molar refractivity (Wildman–Crippen MR) is 167 cm³/mol. The van der Waals surface area contributed by atoms with Crippen LogP contribution in [0.2, 0.25) is 0 Å². The van der Waals surface area contributed by atoms with E-state index in [2.05, 4.69) is 29.1 Å². The first-order valence-corrected chi connectivity index (χ1v) is 16.1. The maximum atomic E-state index is 14.8. The molecule has 3 amide bonds. The zero-order chi connectivity index (χ0) is 30.1. The van der Waals surface area contributed by atoms with Crippen molar-refractivity contribution in [1.29, 1.82) is 0 Å². The summed E-state index contributed by atoms with van der Waals surface area (Å²) in [6.45, 7) is 14.6. The van der Waals surface area contributed by atoms with Gasteiger partial charge in [-0.05, 0) is 43.0 Å². The Morgan fingerprint density at radius 3 is 2.41 bits per heavy atom. The van der Waals surface area contributed by atoms with Crippen LogP contribution in [0.3, 0.4) is 0 Å². The molecular formula is C31H42BrN3O5S. The number of likely N-dealkylation sites (tertiary alicyclic amines) is 1. The molecule has 1 aromatic carbocycles. The maximum Gasteiger partial charge on any atom is 0.251 e. The van der Waals surface area contributed by atoms with Crippen molar-refractivity contribution < 1.29 is 24.2 Å². The number of halogens is 1. The Morgan fingerprint density at radius 2 is 1.88 bits per heavy atom. The standard InChI is InChI=1S/C31H42BrN3O5S/c1-7-14-33(15-8-2)28(37)24-25-29(38)35(23(18-36)19(4)5)27(31(25)17-22(32)26(24)41-31)30(39)34(16-9-3)20-10-12-21(40-6)13-11-20/h7,9-13,19,22-27,36H,1,3,8,14-18H2,2,4-6H3/t22?,23-,24+,25-,26+,27?,31?/m0/s1. The van der Waals surface area contributed by atoms with Crippen LogP contribution in [0.4, 0.5) is 5.69 Å². The predicted octanol–water partition coefficient (Wildman–Crippen LogP) is 4.12. The zero-order valence-electron chi connectivity index (χ0n) is 24.4. The molecule has 8 nitrogen and oxygen atoms in total. The lowest BCUT2D eigenvalue weighted by atomic mass is 9.70. The minimum absolute atomic E-state index is 0.0339. The van der Waals surface area contributed by atoms with Crippen LogP contribution < -0.4 is 9.64 Å². The highest BCUT2D eigenvalue weighted by Crippen LogP contribution is 2.68. The Bertz CT molecular complexity index is 1160. The van der Waals surface area contributed by atoms with Gasteiger partial charge in [0.1, 0.15) is 11.8 Å². The highest BCUT2D eigenvalue weighted by atomic mass is 79.9. The van der Waals surface area contributed by atoms with Gasteiger partial charge in [0.05, 0.1) is 36.3 Å². The lowest BCUT2D eigenvalue weighted by Gasteiger charge is -2.41. The van der Waals surface area contributed by atoms with Gasteiger partial charge in [-0.1, -0.05) is 48.9 Å². The molecule has 2 bridgehead atoms. The highest BCUT2D eigenvalue weighted by molar-refractivity contribution is 9.09. The zero-order valence-corrected chi connectivity index (χ0v) is 26.8. The molecular weight excluding hydrogens is 606 g/mol. The number of anilines is 1. The Balaban J connectivity index is 1.84. The van der Waals surface area contributed by atoms with Crippen LogP contribution in [0.1, 0.15) is 33.6 Å². The molecule has 7 atom stereocenters. The molecule has 224 valence electrons. The van der Waals surface area contributed by atoms with Crippen molar-refractivity contribution in [3.8, 4) is 5.75 Å². The minimum atomic E-state index is -0.853. The molecule has 10 heteroatoms. The number of benzene rings is 1.